The summed E-state index contributed by atoms with van der Waals surface area (Å²) in [5.74, 6) is 1.52. The van der Waals surface area contributed by atoms with E-state index in [0.29, 0.717) is 17.8 Å². The minimum absolute atomic E-state index is 0.343. The summed E-state index contributed by atoms with van der Waals surface area (Å²) in [4.78, 5) is 0. The lowest BCUT2D eigenvalue weighted by molar-refractivity contribution is -0.121. The van der Waals surface area contributed by atoms with E-state index in [4.69, 9.17) is 4.74 Å². The molecule has 1 aliphatic heterocycles. The lowest BCUT2D eigenvalue weighted by atomic mass is 9.84. The second-order valence-electron chi connectivity index (χ2n) is 4.13. The molecule has 2 nitrogen and oxygen atoms in total. The molecule has 1 fully saturated rings. The molecule has 0 radical (unpaired) electrons. The van der Waals surface area contributed by atoms with Gasteiger partial charge in [-0.2, -0.15) is 0 Å². The molecule has 0 aromatic rings. The zero-order chi connectivity index (χ0) is 8.72. The van der Waals surface area contributed by atoms with Gasteiger partial charge in [0.2, 0.25) is 0 Å². The zero-order valence-electron chi connectivity index (χ0n) is 7.66. The second-order valence-corrected chi connectivity index (χ2v) is 4.13. The van der Waals surface area contributed by atoms with Crippen LogP contribution in [0.5, 0.6) is 0 Å². The highest BCUT2D eigenvalue weighted by atomic mass is 16.6. The highest BCUT2D eigenvalue weighted by Gasteiger charge is 2.42. The van der Waals surface area contributed by atoms with Crippen molar-refractivity contribution in [2.24, 2.45) is 17.8 Å². The molecule has 0 amide bonds. The summed E-state index contributed by atoms with van der Waals surface area (Å²) in [6.07, 6.45) is 3.61. The highest BCUT2D eigenvalue weighted by Crippen LogP contribution is 2.45. The minimum Gasteiger partial charge on any atom is -0.472 e. The van der Waals surface area contributed by atoms with Gasteiger partial charge in [0.1, 0.15) is 0 Å². The Kier molecular flexibility index (Phi) is 1.87. The van der Waals surface area contributed by atoms with Gasteiger partial charge >= 0.3 is 0 Å². The number of ether oxygens (including phenoxy) is 1. The number of aliphatic hydroxyl groups excluding tert-OH is 1. The van der Waals surface area contributed by atoms with E-state index in [0.717, 1.165) is 0 Å². The molecule has 0 saturated heterocycles. The summed E-state index contributed by atoms with van der Waals surface area (Å²) in [5.41, 5.74) is 1.30. The van der Waals surface area contributed by atoms with Crippen molar-refractivity contribution >= 4 is 0 Å². The van der Waals surface area contributed by atoms with Crippen LogP contribution in [0.3, 0.4) is 0 Å². The maximum atomic E-state index is 9.60. The van der Waals surface area contributed by atoms with Crippen LogP contribution in [-0.4, -0.2) is 11.4 Å². The van der Waals surface area contributed by atoms with E-state index in [1.165, 1.54) is 18.4 Å². The van der Waals surface area contributed by atoms with Gasteiger partial charge in [0.25, 0.3) is 0 Å². The van der Waals surface area contributed by atoms with Crippen molar-refractivity contribution < 1.29 is 9.84 Å². The fraction of sp³-hybridized carbons (Fsp3) is 0.800. The Bertz CT molecular complexity index is 210. The molecule has 4 atom stereocenters. The lowest BCUT2D eigenvalue weighted by Crippen LogP contribution is -2.32. The van der Waals surface area contributed by atoms with Crippen LogP contribution in [0.2, 0.25) is 0 Å². The first-order chi connectivity index (χ1) is 5.70. The van der Waals surface area contributed by atoms with Gasteiger partial charge in [0.15, 0.2) is 6.29 Å². The zero-order valence-corrected chi connectivity index (χ0v) is 7.66. The van der Waals surface area contributed by atoms with Gasteiger partial charge in [-0.25, -0.2) is 0 Å². The molecule has 1 aliphatic carbocycles. The quantitative estimate of drug-likeness (QED) is 0.598. The molecule has 2 heteroatoms. The van der Waals surface area contributed by atoms with E-state index in [2.05, 4.69) is 13.8 Å². The largest absolute Gasteiger partial charge is 0.472 e. The molecule has 0 spiro atoms. The number of hydrogen-bond donors (Lipinski definition) is 1. The minimum atomic E-state index is -0.559. The number of hydrogen-bond acceptors (Lipinski definition) is 2. The molecule has 1 unspecified atom stereocenters. The van der Waals surface area contributed by atoms with E-state index in [-0.39, 0.29) is 0 Å². The van der Waals surface area contributed by atoms with E-state index in [1.54, 1.807) is 6.26 Å². The van der Waals surface area contributed by atoms with Crippen LogP contribution in [0.25, 0.3) is 0 Å². The van der Waals surface area contributed by atoms with Crippen molar-refractivity contribution in [2.75, 3.05) is 0 Å². The third-order valence-electron chi connectivity index (χ3n) is 3.36. The van der Waals surface area contributed by atoms with Crippen LogP contribution in [0.4, 0.5) is 0 Å². The van der Waals surface area contributed by atoms with Crippen molar-refractivity contribution in [3.8, 4) is 0 Å². The Balaban J connectivity index is 2.23. The van der Waals surface area contributed by atoms with Crippen LogP contribution in [0.1, 0.15) is 26.7 Å². The van der Waals surface area contributed by atoms with Crippen LogP contribution in [-0.2, 0) is 4.74 Å². The van der Waals surface area contributed by atoms with Crippen molar-refractivity contribution in [2.45, 2.75) is 33.0 Å². The van der Waals surface area contributed by atoms with Crippen LogP contribution in [0, 0.1) is 17.8 Å². The van der Waals surface area contributed by atoms with E-state index in [1.807, 2.05) is 0 Å². The molecule has 0 bridgehead atoms. The van der Waals surface area contributed by atoms with Gasteiger partial charge in [0.05, 0.1) is 6.26 Å². The molecule has 68 valence electrons. The molecule has 0 aromatic heterocycles. The third kappa shape index (κ3) is 1.06. The summed E-state index contributed by atoms with van der Waals surface area (Å²) in [5, 5.41) is 9.60. The summed E-state index contributed by atoms with van der Waals surface area (Å²) >= 11 is 0. The number of allylic oxidation sites excluding steroid dienone is 1. The Hall–Kier alpha value is -0.500. The van der Waals surface area contributed by atoms with E-state index < -0.39 is 6.29 Å². The van der Waals surface area contributed by atoms with Gasteiger partial charge in [-0.3, -0.25) is 0 Å². The Morgan fingerprint density at radius 1 is 1.50 bits per heavy atom. The standard InChI is InChI=1S/C10H16O2/c1-6-3-4-8-7(2)5-12-10(11)9(6)8/h5-6,8-11H,3-4H2,1-2H3/t6-,8+,9+,10?/m1/s1. The fourth-order valence-corrected chi connectivity index (χ4v) is 2.59. The molecular formula is C10H16O2. The van der Waals surface area contributed by atoms with Crippen molar-refractivity contribution in [3.63, 3.8) is 0 Å². The van der Waals surface area contributed by atoms with Crippen molar-refractivity contribution in [3.05, 3.63) is 11.8 Å². The van der Waals surface area contributed by atoms with Gasteiger partial charge in [-0.05, 0) is 37.2 Å². The maximum absolute atomic E-state index is 9.60. The normalized spacial score (nSPS) is 46.4. The number of aliphatic hydroxyl groups is 1. The Labute approximate surface area is 73.2 Å². The fourth-order valence-electron chi connectivity index (χ4n) is 2.59. The first-order valence-electron chi connectivity index (χ1n) is 4.70. The van der Waals surface area contributed by atoms with E-state index in [9.17, 15) is 5.11 Å². The predicted molar refractivity (Wildman–Crippen MR) is 46.2 cm³/mol. The van der Waals surface area contributed by atoms with Gasteiger partial charge in [-0.1, -0.05) is 6.92 Å². The van der Waals surface area contributed by atoms with Gasteiger partial charge < -0.3 is 9.84 Å². The monoisotopic (exact) mass is 168 g/mol. The lowest BCUT2D eigenvalue weighted by Gasteiger charge is -2.31. The third-order valence-corrected chi connectivity index (χ3v) is 3.36. The summed E-state index contributed by atoms with van der Waals surface area (Å²) < 4.78 is 5.17. The van der Waals surface area contributed by atoms with Crippen molar-refractivity contribution in [1.29, 1.82) is 0 Å². The Morgan fingerprint density at radius 3 is 2.92 bits per heavy atom. The van der Waals surface area contributed by atoms with Gasteiger partial charge in [-0.15, -0.1) is 0 Å². The van der Waals surface area contributed by atoms with Crippen LogP contribution < -0.4 is 0 Å². The SMILES string of the molecule is CC1=COC(O)[C@H]2[C@H](C)CC[C@@H]12. The molecule has 2 aliphatic rings. The second kappa shape index (κ2) is 2.77. The predicted octanol–water partition coefficient (Wildman–Crippen LogP) is 1.90. The molecule has 12 heavy (non-hydrogen) atoms. The summed E-state index contributed by atoms with van der Waals surface area (Å²) in [7, 11) is 0. The summed E-state index contributed by atoms with van der Waals surface area (Å²) in [6.45, 7) is 4.30. The van der Waals surface area contributed by atoms with Crippen LogP contribution in [0.15, 0.2) is 11.8 Å². The average molecular weight is 168 g/mol. The molecule has 2 rings (SSSR count). The molecular weight excluding hydrogens is 152 g/mol. The average Bonchev–Trinajstić information content (AvgIpc) is 2.42. The van der Waals surface area contributed by atoms with E-state index >= 15 is 0 Å². The molecule has 1 saturated carbocycles. The number of rotatable bonds is 0. The van der Waals surface area contributed by atoms with Gasteiger partial charge in [0, 0.05) is 5.92 Å². The molecule has 1 heterocycles. The summed E-state index contributed by atoms with van der Waals surface area (Å²) in [6, 6.07) is 0. The van der Waals surface area contributed by atoms with Crippen LogP contribution >= 0.6 is 0 Å². The smallest absolute Gasteiger partial charge is 0.200 e. The molecule has 1 N–H and O–H groups in total. The molecule has 0 aromatic carbocycles. The topological polar surface area (TPSA) is 29.5 Å². The maximum Gasteiger partial charge on any atom is 0.200 e. The first kappa shape index (κ1) is 8.11. The van der Waals surface area contributed by atoms with Crippen molar-refractivity contribution in [1.82, 2.24) is 0 Å². The highest BCUT2D eigenvalue weighted by molar-refractivity contribution is 5.09. The first-order valence-corrected chi connectivity index (χ1v) is 4.70. The Morgan fingerprint density at radius 2 is 2.25 bits per heavy atom. The number of fused-ring (bicyclic) bond motifs is 1.